The first kappa shape index (κ1) is 13.2. The highest BCUT2D eigenvalue weighted by atomic mass is 35.5. The van der Waals surface area contributed by atoms with Crippen molar-refractivity contribution < 1.29 is 4.74 Å². The number of hydrogen-bond donors (Lipinski definition) is 1. The van der Waals surface area contributed by atoms with E-state index in [1.807, 2.05) is 24.3 Å². The SMILES string of the molecule is NCc1ccccc1COc1cccc(Cl)c1Cl. The van der Waals surface area contributed by atoms with Crippen LogP contribution in [-0.4, -0.2) is 0 Å². The van der Waals surface area contributed by atoms with Gasteiger partial charge in [-0.15, -0.1) is 0 Å². The fourth-order valence-corrected chi connectivity index (χ4v) is 1.99. The maximum Gasteiger partial charge on any atom is 0.139 e. The van der Waals surface area contributed by atoms with Gasteiger partial charge in [-0.2, -0.15) is 0 Å². The van der Waals surface area contributed by atoms with Crippen LogP contribution in [0.1, 0.15) is 11.1 Å². The van der Waals surface area contributed by atoms with Crippen molar-refractivity contribution in [1.29, 1.82) is 0 Å². The van der Waals surface area contributed by atoms with Gasteiger partial charge in [0.15, 0.2) is 0 Å². The van der Waals surface area contributed by atoms with Gasteiger partial charge in [0.05, 0.1) is 5.02 Å². The van der Waals surface area contributed by atoms with Gasteiger partial charge in [-0.25, -0.2) is 0 Å². The van der Waals surface area contributed by atoms with E-state index in [2.05, 4.69) is 0 Å². The van der Waals surface area contributed by atoms with Crippen molar-refractivity contribution in [2.45, 2.75) is 13.2 Å². The molecule has 0 radical (unpaired) electrons. The van der Waals surface area contributed by atoms with E-state index < -0.39 is 0 Å². The molecule has 0 amide bonds. The molecule has 0 aliphatic rings. The van der Waals surface area contributed by atoms with Crippen LogP contribution in [0.25, 0.3) is 0 Å². The van der Waals surface area contributed by atoms with E-state index in [-0.39, 0.29) is 0 Å². The summed E-state index contributed by atoms with van der Waals surface area (Å²) in [5.74, 6) is 0.580. The summed E-state index contributed by atoms with van der Waals surface area (Å²) < 4.78 is 5.67. The molecule has 0 saturated heterocycles. The summed E-state index contributed by atoms with van der Waals surface area (Å²) in [4.78, 5) is 0. The number of halogens is 2. The Morgan fingerprint density at radius 3 is 2.39 bits per heavy atom. The molecule has 2 N–H and O–H groups in total. The second kappa shape index (κ2) is 6.10. The molecule has 0 saturated carbocycles. The second-order valence-corrected chi connectivity index (χ2v) is 4.60. The fourth-order valence-electron chi connectivity index (χ4n) is 1.65. The van der Waals surface area contributed by atoms with Crippen LogP contribution >= 0.6 is 23.2 Å². The molecule has 0 aliphatic heterocycles. The molecule has 0 bridgehead atoms. The summed E-state index contributed by atoms with van der Waals surface area (Å²) >= 11 is 12.0. The first-order valence-electron chi connectivity index (χ1n) is 5.56. The molecule has 0 atom stereocenters. The Bertz CT molecular complexity index is 543. The van der Waals surface area contributed by atoms with Gasteiger partial charge in [-0.1, -0.05) is 53.5 Å². The van der Waals surface area contributed by atoms with Crippen molar-refractivity contribution in [3.63, 3.8) is 0 Å². The molecule has 0 fully saturated rings. The molecule has 2 nitrogen and oxygen atoms in total. The van der Waals surface area contributed by atoms with Crippen LogP contribution in [0.2, 0.25) is 10.0 Å². The van der Waals surface area contributed by atoms with Crippen molar-refractivity contribution in [2.75, 3.05) is 0 Å². The molecule has 2 aromatic rings. The molecule has 0 heterocycles. The van der Waals surface area contributed by atoms with Crippen molar-refractivity contribution in [3.8, 4) is 5.75 Å². The number of hydrogen-bond acceptors (Lipinski definition) is 2. The Hall–Kier alpha value is -1.22. The highest BCUT2D eigenvalue weighted by Gasteiger charge is 2.06. The largest absolute Gasteiger partial charge is 0.487 e. The third-order valence-corrected chi connectivity index (χ3v) is 3.44. The first-order valence-corrected chi connectivity index (χ1v) is 6.31. The zero-order chi connectivity index (χ0) is 13.0. The number of rotatable bonds is 4. The molecule has 4 heteroatoms. The van der Waals surface area contributed by atoms with Crippen LogP contribution in [0.5, 0.6) is 5.75 Å². The molecule has 2 aromatic carbocycles. The van der Waals surface area contributed by atoms with Crippen LogP contribution in [-0.2, 0) is 13.2 Å². The first-order chi connectivity index (χ1) is 8.72. The van der Waals surface area contributed by atoms with Gasteiger partial charge in [0.25, 0.3) is 0 Å². The lowest BCUT2D eigenvalue weighted by Gasteiger charge is -2.11. The second-order valence-electron chi connectivity index (χ2n) is 3.81. The Balaban J connectivity index is 2.14. The minimum atomic E-state index is 0.424. The highest BCUT2D eigenvalue weighted by molar-refractivity contribution is 6.42. The summed E-state index contributed by atoms with van der Waals surface area (Å²) in [5.41, 5.74) is 7.79. The molecule has 18 heavy (non-hydrogen) atoms. The lowest BCUT2D eigenvalue weighted by atomic mass is 10.1. The van der Waals surface area contributed by atoms with Gasteiger partial charge in [-0.3, -0.25) is 0 Å². The Morgan fingerprint density at radius 1 is 0.944 bits per heavy atom. The van der Waals surface area contributed by atoms with Crippen molar-refractivity contribution >= 4 is 23.2 Å². The molecular formula is C14H13Cl2NO. The monoisotopic (exact) mass is 281 g/mol. The van der Waals surface area contributed by atoms with Gasteiger partial charge in [0.2, 0.25) is 0 Å². The van der Waals surface area contributed by atoms with Gasteiger partial charge in [0.1, 0.15) is 17.4 Å². The average molecular weight is 282 g/mol. The topological polar surface area (TPSA) is 35.2 Å². The Kier molecular flexibility index (Phi) is 4.48. The van der Waals surface area contributed by atoms with E-state index in [0.717, 1.165) is 11.1 Å². The summed E-state index contributed by atoms with van der Waals surface area (Å²) in [6.07, 6.45) is 0. The molecule has 0 unspecified atom stereocenters. The van der Waals surface area contributed by atoms with Gasteiger partial charge >= 0.3 is 0 Å². The van der Waals surface area contributed by atoms with Crippen LogP contribution < -0.4 is 10.5 Å². The quantitative estimate of drug-likeness (QED) is 0.918. The maximum atomic E-state index is 6.05. The summed E-state index contributed by atoms with van der Waals surface area (Å²) in [5, 5.41) is 0.922. The van der Waals surface area contributed by atoms with Crippen LogP contribution in [0.15, 0.2) is 42.5 Å². The predicted molar refractivity (Wildman–Crippen MR) is 75.1 cm³/mol. The van der Waals surface area contributed by atoms with Crippen LogP contribution in [0.3, 0.4) is 0 Å². The van der Waals surface area contributed by atoms with Crippen molar-refractivity contribution in [1.82, 2.24) is 0 Å². The third-order valence-electron chi connectivity index (χ3n) is 2.64. The normalized spacial score (nSPS) is 10.4. The summed E-state index contributed by atoms with van der Waals surface area (Å²) in [7, 11) is 0. The van der Waals surface area contributed by atoms with E-state index in [4.69, 9.17) is 33.7 Å². The van der Waals surface area contributed by atoms with Gasteiger partial charge in [-0.05, 0) is 23.3 Å². The van der Waals surface area contributed by atoms with Gasteiger partial charge in [0, 0.05) is 6.54 Å². The molecule has 94 valence electrons. The highest BCUT2D eigenvalue weighted by Crippen LogP contribution is 2.32. The van der Waals surface area contributed by atoms with E-state index >= 15 is 0 Å². The van der Waals surface area contributed by atoms with Crippen LogP contribution in [0.4, 0.5) is 0 Å². The van der Waals surface area contributed by atoms with E-state index in [9.17, 15) is 0 Å². The van der Waals surface area contributed by atoms with Crippen molar-refractivity contribution in [3.05, 3.63) is 63.6 Å². The summed E-state index contributed by atoms with van der Waals surface area (Å²) in [6.45, 7) is 0.913. The molecule has 0 spiro atoms. The third kappa shape index (κ3) is 2.96. The van der Waals surface area contributed by atoms with Crippen molar-refractivity contribution in [2.24, 2.45) is 5.73 Å². The van der Waals surface area contributed by atoms with Gasteiger partial charge < -0.3 is 10.5 Å². The smallest absolute Gasteiger partial charge is 0.139 e. The Morgan fingerprint density at radius 2 is 1.67 bits per heavy atom. The van der Waals surface area contributed by atoms with E-state index in [0.29, 0.717) is 28.9 Å². The molecule has 0 aromatic heterocycles. The lowest BCUT2D eigenvalue weighted by Crippen LogP contribution is -2.04. The minimum absolute atomic E-state index is 0.424. The van der Waals surface area contributed by atoms with E-state index in [1.165, 1.54) is 0 Å². The predicted octanol–water partition coefficient (Wildman–Crippen LogP) is 4.03. The lowest BCUT2D eigenvalue weighted by molar-refractivity contribution is 0.305. The van der Waals surface area contributed by atoms with E-state index in [1.54, 1.807) is 18.2 Å². The molecule has 0 aliphatic carbocycles. The Labute approximate surface area is 116 Å². The molecular weight excluding hydrogens is 269 g/mol. The number of ether oxygens (including phenoxy) is 1. The zero-order valence-corrected chi connectivity index (χ0v) is 11.2. The minimum Gasteiger partial charge on any atom is -0.487 e. The van der Waals surface area contributed by atoms with Crippen LogP contribution in [0, 0.1) is 0 Å². The number of benzene rings is 2. The molecule has 2 rings (SSSR count). The average Bonchev–Trinajstić information content (AvgIpc) is 2.41. The number of nitrogens with two attached hydrogens (primary N) is 1. The standard InChI is InChI=1S/C14H13Cl2NO/c15-12-6-3-7-13(14(12)16)18-9-11-5-2-1-4-10(11)8-17/h1-7H,8-9,17H2. The summed E-state index contributed by atoms with van der Waals surface area (Å²) in [6, 6.07) is 13.2. The maximum absolute atomic E-state index is 6.05. The fraction of sp³-hybridized carbons (Fsp3) is 0.143. The zero-order valence-electron chi connectivity index (χ0n) is 9.70.